The van der Waals surface area contributed by atoms with Crippen LogP contribution in [0.15, 0.2) is 23.1 Å². The fraction of sp³-hybridized carbons (Fsp3) is 0.600. The molecule has 2 aliphatic heterocycles. The summed E-state index contributed by atoms with van der Waals surface area (Å²) in [5, 5.41) is 0. The van der Waals surface area contributed by atoms with Crippen LogP contribution in [-0.2, 0) is 14.8 Å². The van der Waals surface area contributed by atoms with Crippen LogP contribution in [-0.4, -0.2) is 63.1 Å². The number of ether oxygens (including phenoxy) is 1. The lowest BCUT2D eigenvalue weighted by Gasteiger charge is -2.45. The van der Waals surface area contributed by atoms with Crippen LogP contribution in [0.1, 0.15) is 12.0 Å². The van der Waals surface area contributed by atoms with E-state index in [-0.39, 0.29) is 23.6 Å². The molecular formula is C15H21FN2O3S. The molecule has 0 bridgehead atoms. The monoisotopic (exact) mass is 328 g/mol. The number of aryl methyl sites for hydroxylation is 1. The summed E-state index contributed by atoms with van der Waals surface area (Å²) < 4.78 is 47.3. The van der Waals surface area contributed by atoms with E-state index in [0.29, 0.717) is 18.7 Å². The Morgan fingerprint density at radius 1 is 1.32 bits per heavy atom. The topological polar surface area (TPSA) is 49.9 Å². The third kappa shape index (κ3) is 2.67. The number of piperidine rings is 1. The van der Waals surface area contributed by atoms with Gasteiger partial charge in [0.25, 0.3) is 0 Å². The highest BCUT2D eigenvalue weighted by Gasteiger charge is 2.43. The van der Waals surface area contributed by atoms with Gasteiger partial charge < -0.3 is 9.64 Å². The number of fused-ring (bicyclic) bond motifs is 1. The Kier molecular flexibility index (Phi) is 4.24. The largest absolute Gasteiger partial charge is 0.375 e. The molecule has 7 heteroatoms. The van der Waals surface area contributed by atoms with Gasteiger partial charge in [0.2, 0.25) is 10.0 Å². The molecule has 1 aromatic rings. The van der Waals surface area contributed by atoms with Crippen molar-refractivity contribution in [2.45, 2.75) is 30.4 Å². The van der Waals surface area contributed by atoms with E-state index in [1.165, 1.54) is 16.4 Å². The standard InChI is InChI=1S/C15H21FN2O3S/c1-11-4-3-5-12(16)15(11)22(19,20)18-8-9-21-14-6-7-17(2)10-13(14)18/h3-5,13-14H,6-10H2,1-2H3/t13-,14+/m1/s1. The van der Waals surface area contributed by atoms with Crippen molar-refractivity contribution in [3.63, 3.8) is 0 Å². The lowest BCUT2D eigenvalue weighted by atomic mass is 10.0. The maximum atomic E-state index is 14.2. The van der Waals surface area contributed by atoms with Gasteiger partial charge in [0, 0.05) is 19.6 Å². The van der Waals surface area contributed by atoms with Crippen molar-refractivity contribution < 1.29 is 17.5 Å². The molecule has 0 amide bonds. The number of likely N-dealkylation sites (N-methyl/N-ethyl adjacent to an activating group) is 1. The van der Waals surface area contributed by atoms with Gasteiger partial charge in [-0.05, 0) is 32.0 Å². The Balaban J connectivity index is 2.00. The lowest BCUT2D eigenvalue weighted by molar-refractivity contribution is -0.0720. The van der Waals surface area contributed by atoms with Crippen LogP contribution >= 0.6 is 0 Å². The highest BCUT2D eigenvalue weighted by atomic mass is 32.2. The molecule has 0 unspecified atom stereocenters. The molecule has 0 saturated carbocycles. The summed E-state index contributed by atoms with van der Waals surface area (Å²) in [7, 11) is -1.90. The summed E-state index contributed by atoms with van der Waals surface area (Å²) in [6.07, 6.45) is 0.690. The van der Waals surface area contributed by atoms with Gasteiger partial charge in [0.15, 0.2) is 0 Å². The second kappa shape index (κ2) is 5.88. The van der Waals surface area contributed by atoms with Gasteiger partial charge in [-0.1, -0.05) is 12.1 Å². The van der Waals surface area contributed by atoms with Gasteiger partial charge in [-0.25, -0.2) is 12.8 Å². The average Bonchev–Trinajstić information content (AvgIpc) is 2.46. The summed E-state index contributed by atoms with van der Waals surface area (Å²) in [5.74, 6) is -0.688. The van der Waals surface area contributed by atoms with E-state index in [4.69, 9.17) is 4.74 Å². The molecule has 5 nitrogen and oxygen atoms in total. The van der Waals surface area contributed by atoms with E-state index in [9.17, 15) is 12.8 Å². The molecule has 22 heavy (non-hydrogen) atoms. The number of sulfonamides is 1. The van der Waals surface area contributed by atoms with Gasteiger partial charge in [-0.15, -0.1) is 0 Å². The van der Waals surface area contributed by atoms with E-state index < -0.39 is 15.8 Å². The molecule has 122 valence electrons. The minimum absolute atomic E-state index is 0.105. The highest BCUT2D eigenvalue weighted by molar-refractivity contribution is 7.89. The van der Waals surface area contributed by atoms with Crippen molar-refractivity contribution in [1.29, 1.82) is 0 Å². The summed E-state index contributed by atoms with van der Waals surface area (Å²) in [6, 6.07) is 4.10. The van der Waals surface area contributed by atoms with E-state index in [2.05, 4.69) is 4.90 Å². The maximum Gasteiger partial charge on any atom is 0.246 e. The van der Waals surface area contributed by atoms with E-state index >= 15 is 0 Å². The molecule has 3 rings (SSSR count). The Morgan fingerprint density at radius 3 is 2.82 bits per heavy atom. The number of hydrogen-bond acceptors (Lipinski definition) is 4. The van der Waals surface area contributed by atoms with Gasteiger partial charge in [-0.2, -0.15) is 4.31 Å². The summed E-state index contributed by atoms with van der Waals surface area (Å²) >= 11 is 0. The van der Waals surface area contributed by atoms with Crippen LogP contribution in [0.25, 0.3) is 0 Å². The molecule has 2 saturated heterocycles. The zero-order chi connectivity index (χ0) is 15.9. The second-order valence-corrected chi connectivity index (χ2v) is 7.86. The summed E-state index contributed by atoms with van der Waals surface area (Å²) in [5.41, 5.74) is 0.437. The Hall–Kier alpha value is -1.02. The molecule has 2 heterocycles. The normalized spacial score (nSPS) is 27.6. The van der Waals surface area contributed by atoms with Crippen LogP contribution < -0.4 is 0 Å². The van der Waals surface area contributed by atoms with Crippen LogP contribution in [0.2, 0.25) is 0 Å². The predicted molar refractivity (Wildman–Crippen MR) is 80.7 cm³/mol. The van der Waals surface area contributed by atoms with Crippen LogP contribution in [0.4, 0.5) is 4.39 Å². The first-order valence-corrected chi connectivity index (χ1v) is 8.92. The number of hydrogen-bond donors (Lipinski definition) is 0. The molecule has 0 aliphatic carbocycles. The fourth-order valence-corrected chi connectivity index (χ4v) is 5.26. The van der Waals surface area contributed by atoms with Crippen LogP contribution in [0.3, 0.4) is 0 Å². The number of benzene rings is 1. The second-order valence-electron chi connectivity index (χ2n) is 6.03. The summed E-state index contributed by atoms with van der Waals surface area (Å²) in [4.78, 5) is 1.89. The number of halogens is 1. The molecule has 0 radical (unpaired) electrons. The average molecular weight is 328 g/mol. The van der Waals surface area contributed by atoms with Crippen molar-refractivity contribution in [2.75, 3.05) is 33.3 Å². The minimum atomic E-state index is -3.87. The molecule has 2 aliphatic rings. The Morgan fingerprint density at radius 2 is 2.09 bits per heavy atom. The SMILES string of the molecule is Cc1cccc(F)c1S(=O)(=O)N1CCO[C@H]2CCN(C)C[C@H]21. The zero-order valence-electron chi connectivity index (χ0n) is 12.8. The Bertz CT molecular complexity index is 645. The zero-order valence-corrected chi connectivity index (χ0v) is 13.6. The summed E-state index contributed by atoms with van der Waals surface area (Å²) in [6.45, 7) is 3.74. The van der Waals surface area contributed by atoms with E-state index in [1.54, 1.807) is 13.0 Å². The first kappa shape index (κ1) is 15.9. The maximum absolute atomic E-state index is 14.2. The number of nitrogens with zero attached hydrogens (tertiary/aromatic N) is 2. The molecule has 0 N–H and O–H groups in total. The third-order valence-electron chi connectivity index (χ3n) is 4.47. The molecular weight excluding hydrogens is 307 g/mol. The third-order valence-corrected chi connectivity index (χ3v) is 6.57. The molecule has 0 spiro atoms. The molecule has 1 aromatic carbocycles. The lowest BCUT2D eigenvalue weighted by Crippen LogP contribution is -2.60. The first-order valence-electron chi connectivity index (χ1n) is 7.48. The number of morpholine rings is 1. The highest BCUT2D eigenvalue weighted by Crippen LogP contribution is 2.30. The van der Waals surface area contributed by atoms with Crippen molar-refractivity contribution in [3.05, 3.63) is 29.6 Å². The first-order chi connectivity index (χ1) is 10.4. The fourth-order valence-electron chi connectivity index (χ4n) is 3.36. The molecule has 0 aromatic heterocycles. The number of likely N-dealkylation sites (tertiary alicyclic amines) is 1. The van der Waals surface area contributed by atoms with Crippen molar-refractivity contribution in [3.8, 4) is 0 Å². The Labute approximate surface area is 130 Å². The van der Waals surface area contributed by atoms with Crippen LogP contribution in [0, 0.1) is 12.7 Å². The minimum Gasteiger partial charge on any atom is -0.375 e. The van der Waals surface area contributed by atoms with Crippen molar-refractivity contribution in [2.24, 2.45) is 0 Å². The quantitative estimate of drug-likeness (QED) is 0.819. The molecule has 2 atom stereocenters. The van der Waals surface area contributed by atoms with Gasteiger partial charge in [0.05, 0.1) is 18.8 Å². The van der Waals surface area contributed by atoms with Crippen molar-refractivity contribution >= 4 is 10.0 Å². The predicted octanol–water partition coefficient (Wildman–Crippen LogP) is 1.23. The van der Waals surface area contributed by atoms with Crippen LogP contribution in [0.5, 0.6) is 0 Å². The smallest absolute Gasteiger partial charge is 0.246 e. The van der Waals surface area contributed by atoms with Crippen molar-refractivity contribution in [1.82, 2.24) is 9.21 Å². The van der Waals surface area contributed by atoms with E-state index in [0.717, 1.165) is 13.0 Å². The van der Waals surface area contributed by atoms with Gasteiger partial charge in [-0.3, -0.25) is 0 Å². The van der Waals surface area contributed by atoms with Gasteiger partial charge >= 0.3 is 0 Å². The van der Waals surface area contributed by atoms with Gasteiger partial charge in [0.1, 0.15) is 10.7 Å². The number of rotatable bonds is 2. The molecule has 2 fully saturated rings. The van der Waals surface area contributed by atoms with E-state index in [1.807, 2.05) is 7.05 Å².